The summed E-state index contributed by atoms with van der Waals surface area (Å²) in [6.45, 7) is 0.626. The molecule has 2 N–H and O–H groups in total. The molecule has 8 nitrogen and oxygen atoms in total. The summed E-state index contributed by atoms with van der Waals surface area (Å²) in [5, 5.41) is 16.5. The maximum Gasteiger partial charge on any atom is 0.346 e. The normalized spacial score (nSPS) is 12.6. The monoisotopic (exact) mass is 386 g/mol. The summed E-state index contributed by atoms with van der Waals surface area (Å²) in [4.78, 5) is 36.5. The molecule has 0 saturated heterocycles. The van der Waals surface area contributed by atoms with Crippen LogP contribution in [-0.2, 0) is 11.3 Å². The molecule has 0 bridgehead atoms. The summed E-state index contributed by atoms with van der Waals surface area (Å²) in [6, 6.07) is 8.14. The first-order valence-corrected chi connectivity index (χ1v) is 9.11. The first-order chi connectivity index (χ1) is 12.6. The Morgan fingerprint density at radius 3 is 2.69 bits per heavy atom. The second-order valence-corrected chi connectivity index (χ2v) is 7.25. The summed E-state index contributed by atoms with van der Waals surface area (Å²) in [7, 11) is 0. The molecule has 0 atom stereocenters. The average Bonchev–Trinajstić information content (AvgIpc) is 3.35. The van der Waals surface area contributed by atoms with Crippen molar-refractivity contribution in [2.75, 3.05) is 10.6 Å². The van der Waals surface area contributed by atoms with Crippen LogP contribution in [0, 0.1) is 0 Å². The number of fused-ring (bicyclic) bond motifs is 1. The highest BCUT2D eigenvalue weighted by atomic mass is 32.1. The largest absolute Gasteiger partial charge is 0.386 e. The third-order valence-electron chi connectivity index (χ3n) is 3.55. The molecular weight excluding hydrogens is 376 g/mol. The van der Waals surface area contributed by atoms with Gasteiger partial charge in [0.2, 0.25) is 10.3 Å². The van der Waals surface area contributed by atoms with Crippen molar-refractivity contribution in [3.05, 3.63) is 57.3 Å². The third kappa shape index (κ3) is 3.19. The summed E-state index contributed by atoms with van der Waals surface area (Å²) in [5.41, 5.74) is 0.458. The molecule has 0 saturated carbocycles. The summed E-state index contributed by atoms with van der Waals surface area (Å²) >= 11 is 2.83. The quantitative estimate of drug-likeness (QED) is 0.512. The molecule has 1 aromatic carbocycles. The van der Waals surface area contributed by atoms with E-state index in [4.69, 9.17) is 0 Å². The molecule has 4 rings (SSSR count). The second-order valence-electron chi connectivity index (χ2n) is 5.24. The fourth-order valence-corrected chi connectivity index (χ4v) is 3.60. The van der Waals surface area contributed by atoms with Gasteiger partial charge in [0.25, 0.3) is 5.91 Å². The van der Waals surface area contributed by atoms with E-state index in [9.17, 15) is 14.4 Å². The van der Waals surface area contributed by atoms with Crippen molar-refractivity contribution in [3.63, 3.8) is 0 Å². The van der Waals surface area contributed by atoms with Crippen molar-refractivity contribution in [2.45, 2.75) is 6.54 Å². The van der Waals surface area contributed by atoms with E-state index in [2.05, 4.69) is 25.6 Å². The van der Waals surface area contributed by atoms with E-state index in [0.717, 1.165) is 4.88 Å². The van der Waals surface area contributed by atoms with Crippen LogP contribution in [0.25, 0.3) is 0 Å². The number of esters is 2. The van der Waals surface area contributed by atoms with E-state index in [1.54, 1.807) is 11.3 Å². The number of cyclic esters (lactones) is 2. The standard InChI is InChI=1S/C16H10N4O4S2/c21-12(8-3-4-10-11(6-8)14(23)24-13(10)22)18-16-20-19-15(26-16)17-7-9-2-1-5-25-9/h1-6H,7H2,(H,17,19)(H,18,20,21). The van der Waals surface area contributed by atoms with Gasteiger partial charge in [-0.15, -0.1) is 21.5 Å². The molecule has 10 heteroatoms. The molecule has 0 spiro atoms. The Labute approximate surface area is 154 Å². The number of benzene rings is 1. The number of carbonyl (C=O) groups excluding carboxylic acids is 3. The van der Waals surface area contributed by atoms with Gasteiger partial charge in [0.05, 0.1) is 17.7 Å². The first-order valence-electron chi connectivity index (χ1n) is 7.42. The maximum absolute atomic E-state index is 12.3. The van der Waals surface area contributed by atoms with Crippen molar-refractivity contribution in [1.29, 1.82) is 0 Å². The van der Waals surface area contributed by atoms with E-state index in [1.165, 1.54) is 29.5 Å². The minimum absolute atomic E-state index is 0.0817. The van der Waals surface area contributed by atoms with Crippen molar-refractivity contribution < 1.29 is 19.1 Å². The lowest BCUT2D eigenvalue weighted by atomic mass is 10.1. The Kier molecular flexibility index (Phi) is 4.19. The van der Waals surface area contributed by atoms with Crippen LogP contribution in [-0.4, -0.2) is 28.0 Å². The fraction of sp³-hybridized carbons (Fsp3) is 0.0625. The van der Waals surface area contributed by atoms with E-state index in [-0.39, 0.29) is 16.7 Å². The number of hydrogen-bond acceptors (Lipinski definition) is 9. The Hall–Kier alpha value is -3.11. The van der Waals surface area contributed by atoms with E-state index < -0.39 is 17.8 Å². The van der Waals surface area contributed by atoms with Crippen LogP contribution in [0.3, 0.4) is 0 Å². The molecule has 1 aliphatic rings. The summed E-state index contributed by atoms with van der Waals surface area (Å²) in [6.07, 6.45) is 0. The molecule has 1 amide bonds. The zero-order valence-corrected chi connectivity index (χ0v) is 14.6. The molecule has 0 aliphatic carbocycles. The van der Waals surface area contributed by atoms with E-state index in [1.807, 2.05) is 17.5 Å². The minimum Gasteiger partial charge on any atom is -0.386 e. The highest BCUT2D eigenvalue weighted by molar-refractivity contribution is 7.19. The van der Waals surface area contributed by atoms with Crippen LogP contribution in [0.15, 0.2) is 35.7 Å². The highest BCUT2D eigenvalue weighted by Gasteiger charge is 2.30. The first kappa shape index (κ1) is 16.4. The van der Waals surface area contributed by atoms with Crippen LogP contribution in [0.2, 0.25) is 0 Å². The van der Waals surface area contributed by atoms with Crippen LogP contribution in [0.5, 0.6) is 0 Å². The topological polar surface area (TPSA) is 110 Å². The van der Waals surface area contributed by atoms with Crippen molar-refractivity contribution in [1.82, 2.24) is 10.2 Å². The van der Waals surface area contributed by atoms with Crippen LogP contribution >= 0.6 is 22.7 Å². The lowest BCUT2D eigenvalue weighted by Crippen LogP contribution is -2.12. The maximum atomic E-state index is 12.3. The van der Waals surface area contributed by atoms with E-state index >= 15 is 0 Å². The second kappa shape index (κ2) is 6.65. The molecule has 3 heterocycles. The molecule has 0 radical (unpaired) electrons. The number of ether oxygens (including phenoxy) is 1. The molecule has 0 unspecified atom stereocenters. The predicted molar refractivity (Wildman–Crippen MR) is 95.7 cm³/mol. The zero-order chi connectivity index (χ0) is 18.1. The number of thiophene rings is 1. The van der Waals surface area contributed by atoms with Gasteiger partial charge < -0.3 is 10.1 Å². The van der Waals surface area contributed by atoms with Gasteiger partial charge in [-0.25, -0.2) is 9.59 Å². The number of rotatable bonds is 5. The number of anilines is 2. The highest BCUT2D eigenvalue weighted by Crippen LogP contribution is 2.24. The van der Waals surface area contributed by atoms with Gasteiger partial charge in [-0.3, -0.25) is 10.1 Å². The summed E-state index contributed by atoms with van der Waals surface area (Å²) < 4.78 is 4.51. The Balaban J connectivity index is 1.43. The average molecular weight is 386 g/mol. The third-order valence-corrected chi connectivity index (χ3v) is 5.22. The van der Waals surface area contributed by atoms with Crippen molar-refractivity contribution in [3.8, 4) is 0 Å². The molecule has 130 valence electrons. The molecule has 0 fully saturated rings. The molecule has 2 aromatic heterocycles. The van der Waals surface area contributed by atoms with Gasteiger partial charge in [0.1, 0.15) is 0 Å². The number of carbonyl (C=O) groups is 3. The Bertz CT molecular complexity index is 1010. The van der Waals surface area contributed by atoms with Crippen LogP contribution in [0.4, 0.5) is 10.3 Å². The molecular formula is C16H10N4O4S2. The van der Waals surface area contributed by atoms with Gasteiger partial charge in [0.15, 0.2) is 0 Å². The number of nitrogens with one attached hydrogen (secondary N) is 2. The predicted octanol–water partition coefficient (Wildman–Crippen LogP) is 2.77. The number of hydrogen-bond donors (Lipinski definition) is 2. The van der Waals surface area contributed by atoms with Gasteiger partial charge in [-0.2, -0.15) is 0 Å². The molecule has 1 aliphatic heterocycles. The molecule has 26 heavy (non-hydrogen) atoms. The van der Waals surface area contributed by atoms with Gasteiger partial charge >= 0.3 is 11.9 Å². The van der Waals surface area contributed by atoms with Gasteiger partial charge in [0, 0.05) is 10.4 Å². The number of aromatic nitrogens is 2. The minimum atomic E-state index is -0.754. The smallest absolute Gasteiger partial charge is 0.346 e. The van der Waals surface area contributed by atoms with Gasteiger partial charge in [-0.1, -0.05) is 17.4 Å². The SMILES string of the molecule is O=C(Nc1nnc(NCc2cccs2)s1)c1ccc2c(c1)C(=O)OC2=O. The number of amides is 1. The lowest BCUT2D eigenvalue weighted by Gasteiger charge is -2.02. The van der Waals surface area contributed by atoms with Crippen LogP contribution in [0.1, 0.15) is 36.0 Å². The van der Waals surface area contributed by atoms with Crippen LogP contribution < -0.4 is 10.6 Å². The number of nitrogens with zero attached hydrogens (tertiary/aromatic N) is 2. The Morgan fingerprint density at radius 2 is 1.88 bits per heavy atom. The summed E-state index contributed by atoms with van der Waals surface area (Å²) in [5.74, 6) is -1.92. The van der Waals surface area contributed by atoms with Crippen molar-refractivity contribution in [2.24, 2.45) is 0 Å². The lowest BCUT2D eigenvalue weighted by molar-refractivity contribution is 0.0443. The van der Waals surface area contributed by atoms with Crippen molar-refractivity contribution >= 4 is 50.8 Å². The zero-order valence-electron chi connectivity index (χ0n) is 13.0. The Morgan fingerprint density at radius 1 is 1.08 bits per heavy atom. The fourth-order valence-electron chi connectivity index (χ4n) is 2.32. The molecule has 3 aromatic rings. The van der Waals surface area contributed by atoms with E-state index in [0.29, 0.717) is 16.8 Å². The van der Waals surface area contributed by atoms with Gasteiger partial charge in [-0.05, 0) is 29.6 Å².